The molecule has 0 spiro atoms. The Morgan fingerprint density at radius 1 is 0.923 bits per heavy atom. The van der Waals surface area contributed by atoms with Gasteiger partial charge in [0.25, 0.3) is 5.43 Å². The summed E-state index contributed by atoms with van der Waals surface area (Å²) in [7, 11) is 0. The van der Waals surface area contributed by atoms with E-state index in [4.69, 9.17) is 11.6 Å². The van der Waals surface area contributed by atoms with Crippen LogP contribution >= 0.6 is 11.6 Å². The molecule has 5 nitrogen and oxygen atoms in total. The minimum Gasteiger partial charge on any atom is -0.506 e. The highest BCUT2D eigenvalue weighted by atomic mass is 35.5. The van der Waals surface area contributed by atoms with Crippen molar-refractivity contribution in [2.45, 2.75) is 0 Å². The third-order valence-electron chi connectivity index (χ3n) is 4.23. The lowest BCUT2D eigenvalue weighted by atomic mass is 9.97. The first-order valence-electron chi connectivity index (χ1n) is 7.88. The number of para-hydroxylation sites is 2. The third-order valence-corrected chi connectivity index (χ3v) is 4.48. The van der Waals surface area contributed by atoms with Crippen molar-refractivity contribution in [2.24, 2.45) is 0 Å². The fourth-order valence-corrected chi connectivity index (χ4v) is 3.04. The molecule has 0 bridgehead atoms. The maximum Gasteiger partial charge on any atom is 0.250 e. The van der Waals surface area contributed by atoms with Gasteiger partial charge in [0.05, 0.1) is 16.9 Å². The summed E-state index contributed by atoms with van der Waals surface area (Å²) in [6, 6.07) is 15.6. The van der Waals surface area contributed by atoms with E-state index in [1.54, 1.807) is 36.5 Å². The number of aromatic amines is 1. The van der Waals surface area contributed by atoms with Crippen LogP contribution in [-0.2, 0) is 0 Å². The fraction of sp³-hybridized carbons (Fsp3) is 0. The lowest BCUT2D eigenvalue weighted by molar-refractivity contribution is 0.478. The van der Waals surface area contributed by atoms with Crippen LogP contribution in [-0.4, -0.2) is 10.1 Å². The Labute approximate surface area is 153 Å². The average Bonchev–Trinajstić information content (AvgIpc) is 3.12. The molecule has 6 heteroatoms. The molecule has 0 aliphatic carbocycles. The second kappa shape index (κ2) is 6.20. The number of nitrogens with one attached hydrogen (secondary N) is 2. The summed E-state index contributed by atoms with van der Waals surface area (Å²) in [5, 5.41) is 13.4. The van der Waals surface area contributed by atoms with Crippen molar-refractivity contribution in [3.05, 3.63) is 86.3 Å². The van der Waals surface area contributed by atoms with E-state index in [1.807, 2.05) is 18.2 Å². The molecule has 0 atom stereocenters. The normalized spacial score (nSPS) is 11.0. The van der Waals surface area contributed by atoms with E-state index in [0.717, 1.165) is 11.1 Å². The SMILES string of the molecule is O=c1c(Nc2ccccc2O)c(-c2[nH]ccc2-c2ccc(Cl)cc2)c1=O. The van der Waals surface area contributed by atoms with Crippen LogP contribution in [0.2, 0.25) is 5.02 Å². The zero-order chi connectivity index (χ0) is 18.3. The Bertz CT molecular complexity index is 1170. The second-order valence-electron chi connectivity index (χ2n) is 5.82. The van der Waals surface area contributed by atoms with Crippen LogP contribution in [0.25, 0.3) is 22.4 Å². The number of hydrogen-bond donors (Lipinski definition) is 3. The highest BCUT2D eigenvalue weighted by Gasteiger charge is 2.26. The highest BCUT2D eigenvalue weighted by Crippen LogP contribution is 2.35. The molecule has 3 aromatic carbocycles. The number of phenols is 1. The summed E-state index contributed by atoms with van der Waals surface area (Å²) in [6.07, 6.45) is 1.71. The molecule has 0 amide bonds. The first-order chi connectivity index (χ1) is 12.6. The molecule has 1 aromatic heterocycles. The van der Waals surface area contributed by atoms with Crippen molar-refractivity contribution in [1.29, 1.82) is 0 Å². The first kappa shape index (κ1) is 16.2. The third kappa shape index (κ3) is 2.59. The van der Waals surface area contributed by atoms with Crippen LogP contribution in [0.1, 0.15) is 0 Å². The molecule has 4 rings (SSSR count). The summed E-state index contributed by atoms with van der Waals surface area (Å²) in [5.74, 6) is -0.00379. The molecule has 0 saturated heterocycles. The number of aromatic nitrogens is 1. The van der Waals surface area contributed by atoms with Crippen LogP contribution in [0.5, 0.6) is 5.75 Å². The smallest absolute Gasteiger partial charge is 0.250 e. The summed E-state index contributed by atoms with van der Waals surface area (Å²) in [6.45, 7) is 0. The molecule has 128 valence electrons. The topological polar surface area (TPSA) is 82.2 Å². The van der Waals surface area contributed by atoms with Gasteiger partial charge in [-0.2, -0.15) is 0 Å². The van der Waals surface area contributed by atoms with Crippen LogP contribution in [0.4, 0.5) is 11.4 Å². The molecule has 0 aliphatic heterocycles. The van der Waals surface area contributed by atoms with Gasteiger partial charge in [0, 0.05) is 16.8 Å². The number of benzene rings is 2. The van der Waals surface area contributed by atoms with Crippen molar-refractivity contribution in [1.82, 2.24) is 4.98 Å². The van der Waals surface area contributed by atoms with E-state index in [-0.39, 0.29) is 17.0 Å². The fourth-order valence-electron chi connectivity index (χ4n) is 2.91. The van der Waals surface area contributed by atoms with Gasteiger partial charge in [-0.05, 0) is 35.9 Å². The van der Waals surface area contributed by atoms with Gasteiger partial charge in [-0.15, -0.1) is 0 Å². The van der Waals surface area contributed by atoms with E-state index in [2.05, 4.69) is 10.3 Å². The Morgan fingerprint density at radius 2 is 1.65 bits per heavy atom. The molecular weight excluding hydrogens is 352 g/mol. The molecule has 26 heavy (non-hydrogen) atoms. The van der Waals surface area contributed by atoms with Gasteiger partial charge in [0.2, 0.25) is 5.43 Å². The average molecular weight is 365 g/mol. The molecule has 1 heterocycles. The number of H-pyrrole nitrogens is 1. The van der Waals surface area contributed by atoms with Gasteiger partial charge in [-0.25, -0.2) is 0 Å². The molecule has 4 aromatic rings. The van der Waals surface area contributed by atoms with Gasteiger partial charge < -0.3 is 15.4 Å². The number of aromatic hydroxyl groups is 1. The van der Waals surface area contributed by atoms with E-state index < -0.39 is 10.9 Å². The minimum atomic E-state index is -0.611. The standard InChI is InChI=1S/C20H13ClN2O3/c21-12-7-5-11(6-8-12)13-9-10-22-17(13)16-18(20(26)19(16)25)23-14-3-1-2-4-15(14)24/h1-10,22-24H. The highest BCUT2D eigenvalue weighted by molar-refractivity contribution is 6.30. The number of halogens is 1. The molecule has 0 unspecified atom stereocenters. The van der Waals surface area contributed by atoms with Gasteiger partial charge >= 0.3 is 0 Å². The largest absolute Gasteiger partial charge is 0.506 e. The predicted octanol–water partition coefficient (Wildman–Crippen LogP) is 4.05. The van der Waals surface area contributed by atoms with E-state index in [0.29, 0.717) is 16.4 Å². The Morgan fingerprint density at radius 3 is 2.38 bits per heavy atom. The lowest BCUT2D eigenvalue weighted by Crippen LogP contribution is -2.35. The van der Waals surface area contributed by atoms with Gasteiger partial charge in [-0.1, -0.05) is 35.9 Å². The predicted molar refractivity (Wildman–Crippen MR) is 103 cm³/mol. The van der Waals surface area contributed by atoms with Crippen molar-refractivity contribution in [3.63, 3.8) is 0 Å². The number of anilines is 2. The molecule has 0 aliphatic rings. The minimum absolute atomic E-state index is 0.00379. The Balaban J connectivity index is 1.79. The lowest BCUT2D eigenvalue weighted by Gasteiger charge is -2.15. The van der Waals surface area contributed by atoms with Crippen LogP contribution in [0.3, 0.4) is 0 Å². The molecule has 0 radical (unpaired) electrons. The Hall–Kier alpha value is -3.31. The van der Waals surface area contributed by atoms with Crippen LogP contribution in [0, 0.1) is 0 Å². The molecular formula is C20H13ClN2O3. The number of hydrogen-bond acceptors (Lipinski definition) is 4. The maximum atomic E-state index is 12.2. The molecule has 0 saturated carbocycles. The number of rotatable bonds is 4. The van der Waals surface area contributed by atoms with E-state index >= 15 is 0 Å². The molecule has 0 fully saturated rings. The van der Waals surface area contributed by atoms with Crippen LogP contribution < -0.4 is 16.2 Å². The summed E-state index contributed by atoms with van der Waals surface area (Å²) in [4.78, 5) is 27.4. The first-order valence-corrected chi connectivity index (χ1v) is 8.26. The summed E-state index contributed by atoms with van der Waals surface area (Å²) < 4.78 is 0. The second-order valence-corrected chi connectivity index (χ2v) is 6.26. The van der Waals surface area contributed by atoms with Crippen LogP contribution in [0.15, 0.2) is 70.4 Å². The summed E-state index contributed by atoms with van der Waals surface area (Å²) >= 11 is 5.93. The zero-order valence-electron chi connectivity index (χ0n) is 13.4. The van der Waals surface area contributed by atoms with Gasteiger partial charge in [0.1, 0.15) is 11.4 Å². The van der Waals surface area contributed by atoms with Crippen molar-refractivity contribution in [2.75, 3.05) is 5.32 Å². The van der Waals surface area contributed by atoms with Crippen molar-refractivity contribution < 1.29 is 5.11 Å². The van der Waals surface area contributed by atoms with Crippen molar-refractivity contribution >= 4 is 23.0 Å². The van der Waals surface area contributed by atoms with Gasteiger partial charge in [-0.3, -0.25) is 9.59 Å². The number of phenolic OH excluding ortho intramolecular Hbond substituents is 1. The molecule has 3 N–H and O–H groups in total. The van der Waals surface area contributed by atoms with E-state index in [1.165, 1.54) is 6.07 Å². The monoisotopic (exact) mass is 364 g/mol. The van der Waals surface area contributed by atoms with E-state index in [9.17, 15) is 14.7 Å². The zero-order valence-corrected chi connectivity index (χ0v) is 14.2. The maximum absolute atomic E-state index is 12.2. The van der Waals surface area contributed by atoms with Gasteiger partial charge in [0.15, 0.2) is 0 Å². The van der Waals surface area contributed by atoms with Crippen molar-refractivity contribution in [3.8, 4) is 28.1 Å². The quantitative estimate of drug-likeness (QED) is 0.377. The summed E-state index contributed by atoms with van der Waals surface area (Å²) in [5.41, 5.74) is 1.82. The Kier molecular flexibility index (Phi) is 3.86.